The average molecular weight is 380 g/mol. The van der Waals surface area contributed by atoms with E-state index in [2.05, 4.69) is 4.40 Å². The van der Waals surface area contributed by atoms with Crippen LogP contribution < -0.4 is 0 Å². The third kappa shape index (κ3) is 3.93. The van der Waals surface area contributed by atoms with Crippen LogP contribution in [0.3, 0.4) is 0 Å². The summed E-state index contributed by atoms with van der Waals surface area (Å²) in [6, 6.07) is 7.42. The molecule has 0 fully saturated rings. The number of sulfonamides is 1. The van der Waals surface area contributed by atoms with Gasteiger partial charge in [0.15, 0.2) is 0 Å². The monoisotopic (exact) mass is 379 g/mol. The number of likely N-dealkylation sites (N-methyl/N-ethyl adjacent to an activating group) is 1. The first-order valence-corrected chi connectivity index (χ1v) is 9.90. The summed E-state index contributed by atoms with van der Waals surface area (Å²) in [5.41, 5.74) is 1.37. The number of fused-ring (bicyclic) bond motifs is 1. The Morgan fingerprint density at radius 1 is 1.32 bits per heavy atom. The fraction of sp³-hybridized carbons (Fsp3) is 0.294. The minimum atomic E-state index is -3.40. The summed E-state index contributed by atoms with van der Waals surface area (Å²) in [6.07, 6.45) is 4.83. The number of rotatable bonds is 4. The van der Waals surface area contributed by atoms with E-state index in [0.717, 1.165) is 5.56 Å². The normalized spacial score (nSPS) is 18.2. The lowest BCUT2D eigenvalue weighted by Gasteiger charge is -2.29. The van der Waals surface area contributed by atoms with Crippen molar-refractivity contribution < 1.29 is 13.2 Å². The molecule has 2 aliphatic heterocycles. The van der Waals surface area contributed by atoms with E-state index in [9.17, 15) is 13.2 Å². The predicted octanol–water partition coefficient (Wildman–Crippen LogP) is 2.19. The zero-order chi connectivity index (χ0) is 18.0. The molecule has 0 N–H and O–H groups in total. The molecular formula is C17H18ClN3O3S. The summed E-state index contributed by atoms with van der Waals surface area (Å²) < 4.78 is 26.8. The van der Waals surface area contributed by atoms with Crippen molar-refractivity contribution in [2.24, 2.45) is 4.40 Å². The number of amides is 1. The van der Waals surface area contributed by atoms with Gasteiger partial charge in [0.05, 0.1) is 11.3 Å². The highest BCUT2D eigenvalue weighted by Gasteiger charge is 2.26. The maximum atomic E-state index is 12.8. The van der Waals surface area contributed by atoms with Crippen LogP contribution in [0, 0.1) is 0 Å². The highest BCUT2D eigenvalue weighted by Crippen LogP contribution is 2.20. The van der Waals surface area contributed by atoms with Crippen molar-refractivity contribution in [1.82, 2.24) is 9.80 Å². The van der Waals surface area contributed by atoms with Gasteiger partial charge >= 0.3 is 0 Å². The van der Waals surface area contributed by atoms with Crippen LogP contribution in [0.25, 0.3) is 0 Å². The van der Waals surface area contributed by atoms with Crippen molar-refractivity contribution in [3.63, 3.8) is 0 Å². The van der Waals surface area contributed by atoms with Crippen molar-refractivity contribution in [3.8, 4) is 0 Å². The van der Waals surface area contributed by atoms with E-state index in [4.69, 9.17) is 11.6 Å². The Morgan fingerprint density at radius 2 is 2.08 bits per heavy atom. The van der Waals surface area contributed by atoms with E-state index in [-0.39, 0.29) is 11.7 Å². The molecule has 3 rings (SSSR count). The molecule has 1 aromatic carbocycles. The molecule has 0 aromatic heterocycles. The molecule has 0 saturated carbocycles. The van der Waals surface area contributed by atoms with E-state index in [1.807, 2.05) is 25.1 Å². The third-order valence-electron chi connectivity index (χ3n) is 4.06. The lowest BCUT2D eigenvalue weighted by atomic mass is 10.1. The predicted molar refractivity (Wildman–Crippen MR) is 97.7 cm³/mol. The molecule has 0 radical (unpaired) electrons. The number of nitrogens with zero attached hydrogens (tertiary/aromatic N) is 3. The van der Waals surface area contributed by atoms with Gasteiger partial charge in [0.1, 0.15) is 5.84 Å². The van der Waals surface area contributed by atoms with Gasteiger partial charge in [-0.1, -0.05) is 29.8 Å². The minimum Gasteiger partial charge on any atom is -0.334 e. The van der Waals surface area contributed by atoms with Crippen molar-refractivity contribution in [3.05, 3.63) is 58.8 Å². The second-order valence-corrected chi connectivity index (χ2v) is 7.92. The van der Waals surface area contributed by atoms with E-state index in [0.29, 0.717) is 36.1 Å². The fourth-order valence-electron chi connectivity index (χ4n) is 2.67. The van der Waals surface area contributed by atoms with E-state index < -0.39 is 10.0 Å². The molecule has 2 aliphatic rings. The van der Waals surface area contributed by atoms with E-state index in [1.54, 1.807) is 34.2 Å². The van der Waals surface area contributed by atoms with Crippen LogP contribution in [-0.2, 0) is 21.4 Å². The topological polar surface area (TPSA) is 70.1 Å². The zero-order valence-corrected chi connectivity index (χ0v) is 15.3. The number of halogens is 1. The molecule has 132 valence electrons. The highest BCUT2D eigenvalue weighted by molar-refractivity contribution is 7.90. The lowest BCUT2D eigenvalue weighted by molar-refractivity contribution is -0.127. The first-order valence-electron chi connectivity index (χ1n) is 7.91. The second-order valence-electron chi connectivity index (χ2n) is 5.76. The van der Waals surface area contributed by atoms with Crippen molar-refractivity contribution in [2.45, 2.75) is 13.5 Å². The molecule has 6 nitrogen and oxygen atoms in total. The Bertz CT molecular complexity index is 890. The standard InChI is InChI=1S/C17H18ClN3O3S/c1-2-20(11-13-5-3-4-6-15(13)18)17(22)14-7-8-16-19-25(23,24)10-9-21(16)12-14/h3-8,12H,2,9-11H2,1H3. The molecule has 2 heterocycles. The first kappa shape index (κ1) is 17.7. The van der Waals surface area contributed by atoms with Crippen LogP contribution in [0.5, 0.6) is 0 Å². The van der Waals surface area contributed by atoms with Crippen LogP contribution in [0.1, 0.15) is 12.5 Å². The van der Waals surface area contributed by atoms with Gasteiger partial charge in [0.25, 0.3) is 15.9 Å². The van der Waals surface area contributed by atoms with Crippen LogP contribution in [0.2, 0.25) is 5.02 Å². The lowest BCUT2D eigenvalue weighted by Crippen LogP contribution is -2.39. The molecule has 0 unspecified atom stereocenters. The first-order chi connectivity index (χ1) is 11.9. The maximum Gasteiger partial charge on any atom is 0.256 e. The summed E-state index contributed by atoms with van der Waals surface area (Å²) >= 11 is 6.19. The summed E-state index contributed by atoms with van der Waals surface area (Å²) in [5, 5.41) is 0.623. The molecular weight excluding hydrogens is 362 g/mol. The Morgan fingerprint density at radius 3 is 2.80 bits per heavy atom. The Kier molecular flexibility index (Phi) is 4.96. The number of benzene rings is 1. The molecule has 0 bridgehead atoms. The summed E-state index contributed by atoms with van der Waals surface area (Å²) in [6.45, 7) is 3.14. The molecule has 0 spiro atoms. The maximum absolute atomic E-state index is 12.8. The Labute approximate surface area is 152 Å². The number of amidine groups is 1. The number of carbonyl (C=O) groups excluding carboxylic acids is 1. The summed E-state index contributed by atoms with van der Waals surface area (Å²) in [7, 11) is -3.40. The van der Waals surface area contributed by atoms with Crippen LogP contribution in [0.15, 0.2) is 52.6 Å². The highest BCUT2D eigenvalue weighted by atomic mass is 35.5. The Hall–Kier alpha value is -2.12. The van der Waals surface area contributed by atoms with Gasteiger partial charge < -0.3 is 9.80 Å². The molecule has 1 amide bonds. The van der Waals surface area contributed by atoms with Crippen molar-refractivity contribution >= 4 is 33.4 Å². The van der Waals surface area contributed by atoms with Crippen LogP contribution >= 0.6 is 11.6 Å². The number of hydrogen-bond acceptors (Lipinski definition) is 4. The zero-order valence-electron chi connectivity index (χ0n) is 13.7. The average Bonchev–Trinajstić information content (AvgIpc) is 2.59. The number of hydrogen-bond donors (Lipinski definition) is 0. The molecule has 8 heteroatoms. The SMILES string of the molecule is CCN(Cc1ccccc1Cl)C(=O)C1=CN2CCS(=O)(=O)N=C2C=C1. The quantitative estimate of drug-likeness (QED) is 0.804. The summed E-state index contributed by atoms with van der Waals surface area (Å²) in [5.74, 6) is 0.155. The molecule has 0 aliphatic carbocycles. The molecule has 0 atom stereocenters. The van der Waals surface area contributed by atoms with Gasteiger partial charge in [-0.3, -0.25) is 4.79 Å². The van der Waals surface area contributed by atoms with Crippen LogP contribution in [-0.4, -0.2) is 48.8 Å². The van der Waals surface area contributed by atoms with E-state index in [1.165, 1.54) is 0 Å². The van der Waals surface area contributed by atoms with Gasteiger partial charge in [0, 0.05) is 30.9 Å². The molecule has 1 aromatic rings. The van der Waals surface area contributed by atoms with Crippen LogP contribution in [0.4, 0.5) is 0 Å². The minimum absolute atomic E-state index is 0.0561. The van der Waals surface area contributed by atoms with Gasteiger partial charge in [-0.25, -0.2) is 8.42 Å². The van der Waals surface area contributed by atoms with Gasteiger partial charge in [0.2, 0.25) is 0 Å². The molecule has 0 saturated heterocycles. The Balaban J connectivity index is 1.80. The van der Waals surface area contributed by atoms with E-state index >= 15 is 0 Å². The summed E-state index contributed by atoms with van der Waals surface area (Å²) in [4.78, 5) is 16.2. The van der Waals surface area contributed by atoms with Crippen molar-refractivity contribution in [2.75, 3.05) is 18.8 Å². The van der Waals surface area contributed by atoms with Gasteiger partial charge in [-0.2, -0.15) is 0 Å². The number of carbonyl (C=O) groups is 1. The third-order valence-corrected chi connectivity index (χ3v) is 5.59. The molecule has 25 heavy (non-hydrogen) atoms. The van der Waals surface area contributed by atoms with Crippen molar-refractivity contribution in [1.29, 1.82) is 0 Å². The van der Waals surface area contributed by atoms with Gasteiger partial charge in [-0.15, -0.1) is 4.40 Å². The smallest absolute Gasteiger partial charge is 0.256 e. The van der Waals surface area contributed by atoms with Gasteiger partial charge in [-0.05, 0) is 30.7 Å². The largest absolute Gasteiger partial charge is 0.334 e. The fourth-order valence-corrected chi connectivity index (χ4v) is 3.83. The second kappa shape index (κ2) is 7.01.